The zero-order valence-corrected chi connectivity index (χ0v) is 18.3. The number of aliphatic hydroxyl groups excluding tert-OH is 3. The molecule has 33 heavy (non-hydrogen) atoms. The molecule has 4 rings (SSSR count). The Kier molecular flexibility index (Phi) is 7.05. The largest absolute Gasteiger partial charge is 0.394 e. The van der Waals surface area contributed by atoms with Gasteiger partial charge < -0.3 is 31.1 Å². The van der Waals surface area contributed by atoms with Crippen LogP contribution in [-0.2, 0) is 11.3 Å². The van der Waals surface area contributed by atoms with Crippen LogP contribution in [0.4, 0.5) is 11.8 Å². The van der Waals surface area contributed by atoms with Crippen molar-refractivity contribution >= 4 is 22.9 Å². The van der Waals surface area contributed by atoms with Crippen LogP contribution < -0.4 is 11.1 Å². The molecule has 0 saturated carbocycles. The molecule has 3 heterocycles. The highest BCUT2D eigenvalue weighted by atomic mass is 16.6. The number of hydrogen-bond acceptors (Lipinski definition) is 9. The Hall–Kier alpha value is -3.23. The Bertz CT molecular complexity index is 1160. The van der Waals surface area contributed by atoms with E-state index in [4.69, 9.17) is 10.5 Å². The third-order valence-corrected chi connectivity index (χ3v) is 5.49. The van der Waals surface area contributed by atoms with Crippen molar-refractivity contribution in [2.24, 2.45) is 0 Å². The molecular weight excluding hydrogens is 424 g/mol. The van der Waals surface area contributed by atoms with Crippen molar-refractivity contribution in [1.29, 1.82) is 0 Å². The summed E-state index contributed by atoms with van der Waals surface area (Å²) in [5.74, 6) is 6.69. The zero-order valence-electron chi connectivity index (χ0n) is 18.3. The van der Waals surface area contributed by atoms with E-state index in [2.05, 4.69) is 39.0 Å². The predicted octanol–water partition coefficient (Wildman–Crippen LogP) is 1.17. The fraction of sp³-hybridized carbons (Fsp3) is 0.435. The third kappa shape index (κ3) is 4.77. The third-order valence-electron chi connectivity index (χ3n) is 5.49. The smallest absolute Gasteiger partial charge is 0.208 e. The van der Waals surface area contributed by atoms with Crippen LogP contribution in [0.25, 0.3) is 11.2 Å². The van der Waals surface area contributed by atoms with E-state index in [0.717, 1.165) is 24.8 Å². The minimum Gasteiger partial charge on any atom is -0.394 e. The number of nitrogens with one attached hydrogen (secondary N) is 1. The lowest BCUT2D eigenvalue weighted by atomic mass is 10.1. The fourth-order valence-electron chi connectivity index (χ4n) is 3.69. The number of rotatable bonds is 7. The van der Waals surface area contributed by atoms with E-state index >= 15 is 0 Å². The average Bonchev–Trinajstić information content (AvgIpc) is 3.33. The predicted molar refractivity (Wildman–Crippen MR) is 123 cm³/mol. The van der Waals surface area contributed by atoms with E-state index in [0.29, 0.717) is 23.7 Å². The number of aliphatic hydroxyl groups is 3. The summed E-state index contributed by atoms with van der Waals surface area (Å²) in [4.78, 5) is 13.3. The molecule has 0 spiro atoms. The van der Waals surface area contributed by atoms with Gasteiger partial charge in [0, 0.05) is 13.0 Å². The molecule has 1 aromatic carbocycles. The number of ether oxygens (including phenoxy) is 1. The van der Waals surface area contributed by atoms with E-state index in [-0.39, 0.29) is 11.6 Å². The summed E-state index contributed by atoms with van der Waals surface area (Å²) in [7, 11) is 0. The fourth-order valence-corrected chi connectivity index (χ4v) is 3.69. The highest BCUT2D eigenvalue weighted by Crippen LogP contribution is 2.35. The van der Waals surface area contributed by atoms with Gasteiger partial charge in [0.15, 0.2) is 23.2 Å². The van der Waals surface area contributed by atoms with Crippen molar-refractivity contribution in [2.45, 2.75) is 57.3 Å². The van der Waals surface area contributed by atoms with Crippen molar-refractivity contribution in [1.82, 2.24) is 19.5 Å². The Morgan fingerprint density at radius 2 is 1.94 bits per heavy atom. The number of unbranched alkanes of at least 4 members (excludes halogenated alkanes) is 2. The monoisotopic (exact) mass is 452 g/mol. The SMILES string of the molecule is CCCCC#Cc1nc(N)c2nc(NCc3ccccc3)n([C@@H]3O[C@H](CO)C(O)C3O)c2n1. The molecule has 0 radical (unpaired) electrons. The normalized spacial score (nSPS) is 22.3. The molecule has 1 fully saturated rings. The molecule has 174 valence electrons. The molecule has 2 unspecified atom stereocenters. The van der Waals surface area contributed by atoms with Gasteiger partial charge in [-0.2, -0.15) is 0 Å². The van der Waals surface area contributed by atoms with Gasteiger partial charge in [-0.05, 0) is 17.9 Å². The molecule has 1 aliphatic rings. The summed E-state index contributed by atoms with van der Waals surface area (Å²) in [5.41, 5.74) is 7.82. The Morgan fingerprint density at radius 1 is 1.15 bits per heavy atom. The summed E-state index contributed by atoms with van der Waals surface area (Å²) in [6.45, 7) is 2.08. The van der Waals surface area contributed by atoms with Crippen molar-refractivity contribution in [3.05, 3.63) is 41.7 Å². The maximum absolute atomic E-state index is 10.7. The molecule has 10 heteroatoms. The highest BCUT2D eigenvalue weighted by Gasteiger charge is 2.45. The maximum Gasteiger partial charge on any atom is 0.208 e. The second-order valence-electron chi connectivity index (χ2n) is 7.88. The Balaban J connectivity index is 1.77. The van der Waals surface area contributed by atoms with Gasteiger partial charge in [0.2, 0.25) is 11.8 Å². The molecule has 6 N–H and O–H groups in total. The van der Waals surface area contributed by atoms with Gasteiger partial charge in [0.05, 0.1) is 6.61 Å². The molecule has 3 aromatic rings. The van der Waals surface area contributed by atoms with Crippen LogP contribution in [0.15, 0.2) is 30.3 Å². The lowest BCUT2D eigenvalue weighted by Gasteiger charge is -2.19. The second-order valence-corrected chi connectivity index (χ2v) is 7.88. The number of fused-ring (bicyclic) bond motifs is 1. The van der Waals surface area contributed by atoms with E-state index in [1.54, 1.807) is 0 Å². The molecule has 0 amide bonds. The standard InChI is InChI=1S/C23H28N6O4/c1-2-3-4-8-11-16-26-20(24)17-21(27-16)29(22-19(32)18(31)15(13-30)33-22)23(28-17)25-12-14-9-6-5-7-10-14/h5-7,9-10,15,18-19,22,30-32H,2-4,12-13H2,1H3,(H,25,28)(H2,24,26,27)/t15-,18?,19?,22-/m1/s1. The summed E-state index contributed by atoms with van der Waals surface area (Å²) in [5, 5.41) is 33.7. The van der Waals surface area contributed by atoms with Crippen LogP contribution in [-0.4, -0.2) is 59.8 Å². The number of nitrogens with zero attached hydrogens (tertiary/aromatic N) is 4. The van der Waals surface area contributed by atoms with Crippen LogP contribution in [0.5, 0.6) is 0 Å². The van der Waals surface area contributed by atoms with Crippen LogP contribution in [0.2, 0.25) is 0 Å². The first kappa shape index (κ1) is 22.9. The molecule has 10 nitrogen and oxygen atoms in total. The first-order valence-corrected chi connectivity index (χ1v) is 11.0. The Labute approximate surface area is 191 Å². The highest BCUT2D eigenvalue weighted by molar-refractivity contribution is 5.84. The van der Waals surface area contributed by atoms with E-state index < -0.39 is 31.1 Å². The molecule has 1 saturated heterocycles. The summed E-state index contributed by atoms with van der Waals surface area (Å²) in [6.07, 6.45) is -1.86. The van der Waals surface area contributed by atoms with Gasteiger partial charge in [0.25, 0.3) is 0 Å². The van der Waals surface area contributed by atoms with Crippen molar-refractivity contribution in [2.75, 3.05) is 17.7 Å². The lowest BCUT2D eigenvalue weighted by molar-refractivity contribution is -0.0501. The van der Waals surface area contributed by atoms with Gasteiger partial charge >= 0.3 is 0 Å². The van der Waals surface area contributed by atoms with E-state index in [1.807, 2.05) is 30.3 Å². The van der Waals surface area contributed by atoms with Gasteiger partial charge in [-0.15, -0.1) is 0 Å². The van der Waals surface area contributed by atoms with Crippen molar-refractivity contribution in [3.8, 4) is 11.8 Å². The number of nitrogens with two attached hydrogens (primary N) is 1. The summed E-state index contributed by atoms with van der Waals surface area (Å²) >= 11 is 0. The number of hydrogen-bond donors (Lipinski definition) is 5. The first-order valence-electron chi connectivity index (χ1n) is 11.0. The second kappa shape index (κ2) is 10.1. The number of imidazole rings is 1. The van der Waals surface area contributed by atoms with E-state index in [9.17, 15) is 15.3 Å². The maximum atomic E-state index is 10.7. The quantitative estimate of drug-likeness (QED) is 0.263. The van der Waals surface area contributed by atoms with Crippen LogP contribution in [0.1, 0.15) is 43.8 Å². The zero-order chi connectivity index (χ0) is 23.4. The first-order chi connectivity index (χ1) is 16.0. The van der Waals surface area contributed by atoms with Crippen LogP contribution in [0, 0.1) is 11.8 Å². The number of benzene rings is 1. The summed E-state index contributed by atoms with van der Waals surface area (Å²) in [6, 6.07) is 9.71. The average molecular weight is 453 g/mol. The number of aromatic nitrogens is 4. The van der Waals surface area contributed by atoms with Gasteiger partial charge in [-0.1, -0.05) is 49.6 Å². The van der Waals surface area contributed by atoms with Crippen molar-refractivity contribution in [3.63, 3.8) is 0 Å². The molecule has 0 bridgehead atoms. The molecular formula is C23H28N6O4. The van der Waals surface area contributed by atoms with Gasteiger partial charge in [0.1, 0.15) is 18.3 Å². The topological polar surface area (TPSA) is 152 Å². The molecule has 4 atom stereocenters. The van der Waals surface area contributed by atoms with Crippen LogP contribution >= 0.6 is 0 Å². The summed E-state index contributed by atoms with van der Waals surface area (Å²) < 4.78 is 7.31. The minimum absolute atomic E-state index is 0.146. The molecule has 2 aromatic heterocycles. The minimum atomic E-state index is -1.31. The van der Waals surface area contributed by atoms with Crippen molar-refractivity contribution < 1.29 is 20.1 Å². The van der Waals surface area contributed by atoms with Gasteiger partial charge in [-0.25, -0.2) is 15.0 Å². The Morgan fingerprint density at radius 3 is 2.64 bits per heavy atom. The number of nitrogen functional groups attached to an aromatic ring is 1. The lowest BCUT2D eigenvalue weighted by Crippen LogP contribution is -2.33. The van der Waals surface area contributed by atoms with Gasteiger partial charge in [-0.3, -0.25) is 4.57 Å². The molecule has 1 aliphatic heterocycles. The van der Waals surface area contributed by atoms with Crippen LogP contribution in [0.3, 0.4) is 0 Å². The van der Waals surface area contributed by atoms with E-state index in [1.165, 1.54) is 4.57 Å². The number of anilines is 2. The molecule has 0 aliphatic carbocycles.